The monoisotopic (exact) mass is 392 g/mol. The molecule has 0 radical (unpaired) electrons. The average Bonchev–Trinajstić information content (AvgIpc) is 3.03. The van der Waals surface area contributed by atoms with E-state index < -0.39 is 24.2 Å². The molecule has 4 aliphatic rings. The van der Waals surface area contributed by atoms with Crippen molar-refractivity contribution in [2.45, 2.75) is 111 Å². The zero-order chi connectivity index (χ0) is 25.5. The summed E-state index contributed by atoms with van der Waals surface area (Å²) in [6.45, 7) is 11.4. The van der Waals surface area contributed by atoms with Crippen LogP contribution in [-0.4, -0.2) is 11.2 Å². The Morgan fingerprint density at radius 3 is 2.71 bits per heavy atom. The van der Waals surface area contributed by atoms with Crippen molar-refractivity contribution in [3.05, 3.63) is 11.6 Å². The van der Waals surface area contributed by atoms with Crippen LogP contribution in [0.5, 0.6) is 0 Å². The van der Waals surface area contributed by atoms with Crippen molar-refractivity contribution in [2.75, 3.05) is 0 Å². The van der Waals surface area contributed by atoms with Crippen molar-refractivity contribution < 1.29 is 13.3 Å². The number of aliphatic hydroxyl groups is 1. The van der Waals surface area contributed by atoms with Gasteiger partial charge in [-0.25, -0.2) is 0 Å². The van der Waals surface area contributed by atoms with Gasteiger partial charge in [0, 0.05) is 5.48 Å². The Balaban J connectivity index is 1.65. The summed E-state index contributed by atoms with van der Waals surface area (Å²) >= 11 is 0. The minimum Gasteiger partial charge on any atom is -0.393 e. The lowest BCUT2D eigenvalue weighted by atomic mass is 9.47. The second-order valence-electron chi connectivity index (χ2n) is 11.4. The summed E-state index contributed by atoms with van der Waals surface area (Å²) in [5.41, 5.74) is -0.396. The third-order valence-electron chi connectivity index (χ3n) is 9.41. The van der Waals surface area contributed by atoms with Crippen LogP contribution in [0.1, 0.15) is 113 Å². The Bertz CT molecular complexity index is 835. The van der Waals surface area contributed by atoms with Gasteiger partial charge in [-0.2, -0.15) is 0 Å². The highest BCUT2D eigenvalue weighted by Crippen LogP contribution is 2.67. The van der Waals surface area contributed by atoms with E-state index >= 15 is 0 Å². The van der Waals surface area contributed by atoms with E-state index in [9.17, 15) is 5.11 Å². The van der Waals surface area contributed by atoms with E-state index in [0.29, 0.717) is 24.2 Å². The maximum atomic E-state index is 10.7. The molecule has 4 rings (SSSR count). The maximum absolute atomic E-state index is 10.7. The molecule has 1 N–H and O–H groups in total. The normalized spacial score (nSPS) is 56.2. The van der Waals surface area contributed by atoms with Crippen molar-refractivity contribution >= 4 is 0 Å². The van der Waals surface area contributed by atoms with Crippen LogP contribution in [-0.2, 0) is 0 Å². The quantitative estimate of drug-likeness (QED) is 0.484. The standard InChI is InChI=1S/C27H46O/c1-18(2)7-6-8-19(3)23-11-12-24-22-10-9-20-17-21(28)13-15-26(20,4)25(22)14-16-27(23,24)5/h9,18-19,21-25,28H,6-8,10-17H2,1-5H3/t19?,21-,22-,23?,24?,25?,26+,27-/m1/s1/i9D,13D2,17D2,21D. The summed E-state index contributed by atoms with van der Waals surface area (Å²) in [5.74, 6) is 2.95. The molecule has 0 aliphatic heterocycles. The molecule has 160 valence electrons. The Kier molecular flexibility index (Phi) is 4.06. The second-order valence-corrected chi connectivity index (χ2v) is 11.4. The van der Waals surface area contributed by atoms with Gasteiger partial charge < -0.3 is 5.11 Å². The van der Waals surface area contributed by atoms with Crippen LogP contribution in [0.25, 0.3) is 0 Å². The fourth-order valence-corrected chi connectivity index (χ4v) is 7.83. The van der Waals surface area contributed by atoms with Gasteiger partial charge in [-0.15, -0.1) is 0 Å². The van der Waals surface area contributed by atoms with Crippen molar-refractivity contribution in [2.24, 2.45) is 46.3 Å². The Labute approximate surface area is 183 Å². The van der Waals surface area contributed by atoms with Crippen molar-refractivity contribution in [3.8, 4) is 0 Å². The van der Waals surface area contributed by atoms with E-state index in [0.717, 1.165) is 25.2 Å². The van der Waals surface area contributed by atoms with Gasteiger partial charge in [-0.05, 0) is 97.6 Å². The van der Waals surface area contributed by atoms with Crippen molar-refractivity contribution in [1.82, 2.24) is 0 Å². The Morgan fingerprint density at radius 2 is 1.96 bits per heavy atom. The SMILES string of the molecule is [2H]C1=C2C([2H])([2H])[C@]([2H])(O)C([2H])([2H])C[C@]2(C)C2CC[C@]3(C)C(C(C)CCCC(C)C)CCC3[C@H]2C1. The molecule has 0 aromatic heterocycles. The van der Waals surface area contributed by atoms with Crippen LogP contribution >= 0.6 is 0 Å². The van der Waals surface area contributed by atoms with E-state index in [4.69, 9.17) is 8.22 Å². The summed E-state index contributed by atoms with van der Waals surface area (Å²) in [5, 5.41) is 10.7. The minimum atomic E-state index is -2.89. The van der Waals surface area contributed by atoms with E-state index in [-0.39, 0.29) is 35.3 Å². The van der Waals surface area contributed by atoms with Crippen LogP contribution in [0.4, 0.5) is 0 Å². The van der Waals surface area contributed by atoms with Crippen LogP contribution in [0.3, 0.4) is 0 Å². The minimum absolute atomic E-state index is 0.0865. The topological polar surface area (TPSA) is 20.2 Å². The molecule has 0 heterocycles. The second kappa shape index (κ2) is 7.75. The number of hydrogen-bond donors (Lipinski definition) is 1. The van der Waals surface area contributed by atoms with E-state index in [1.807, 2.05) is 6.92 Å². The molecule has 4 aliphatic carbocycles. The molecule has 0 aromatic carbocycles. The van der Waals surface area contributed by atoms with Gasteiger partial charge in [-0.3, -0.25) is 0 Å². The molecular formula is C27H46O. The molecule has 0 amide bonds. The lowest BCUT2D eigenvalue weighted by Gasteiger charge is -2.58. The zero-order valence-corrected chi connectivity index (χ0v) is 18.8. The molecule has 0 aromatic rings. The first kappa shape index (κ1) is 14.7. The third kappa shape index (κ3) is 3.42. The first-order valence-corrected chi connectivity index (χ1v) is 11.9. The molecule has 0 spiro atoms. The van der Waals surface area contributed by atoms with Crippen LogP contribution in [0.2, 0.25) is 0 Å². The molecule has 0 bridgehead atoms. The summed E-state index contributed by atoms with van der Waals surface area (Å²) in [6.07, 6.45) is 0.782. The lowest BCUT2D eigenvalue weighted by molar-refractivity contribution is -0.0573. The van der Waals surface area contributed by atoms with Gasteiger partial charge in [0.1, 0.15) is 0 Å². The number of rotatable bonds is 5. The smallest absolute Gasteiger partial charge is 0.0604 e. The van der Waals surface area contributed by atoms with Crippen molar-refractivity contribution in [1.29, 1.82) is 0 Å². The highest BCUT2D eigenvalue weighted by atomic mass is 16.3. The highest BCUT2D eigenvalue weighted by molar-refractivity contribution is 5.25. The molecule has 1 heteroatoms. The first-order valence-electron chi connectivity index (χ1n) is 14.9. The van der Waals surface area contributed by atoms with Crippen LogP contribution in [0.15, 0.2) is 11.6 Å². The molecule has 3 saturated carbocycles. The van der Waals surface area contributed by atoms with Gasteiger partial charge >= 0.3 is 0 Å². The van der Waals surface area contributed by atoms with Gasteiger partial charge in [0.15, 0.2) is 0 Å². The van der Waals surface area contributed by atoms with Crippen molar-refractivity contribution in [3.63, 3.8) is 0 Å². The molecule has 1 nitrogen and oxygen atoms in total. The molecule has 28 heavy (non-hydrogen) atoms. The fraction of sp³-hybridized carbons (Fsp3) is 0.926. The van der Waals surface area contributed by atoms with Gasteiger partial charge in [-0.1, -0.05) is 65.5 Å². The molecule has 3 fully saturated rings. The number of allylic oxidation sites excluding steroid dienone is 1. The third-order valence-corrected chi connectivity index (χ3v) is 9.41. The largest absolute Gasteiger partial charge is 0.393 e. The Hall–Kier alpha value is -0.300. The van der Waals surface area contributed by atoms with Gasteiger partial charge in [0.2, 0.25) is 0 Å². The van der Waals surface area contributed by atoms with Gasteiger partial charge in [0.05, 0.1) is 8.82 Å². The molecule has 0 saturated heterocycles. The maximum Gasteiger partial charge on any atom is 0.0604 e. The summed E-state index contributed by atoms with van der Waals surface area (Å²) in [4.78, 5) is 0. The van der Waals surface area contributed by atoms with Crippen LogP contribution < -0.4 is 0 Å². The van der Waals surface area contributed by atoms with E-state index in [1.165, 1.54) is 25.7 Å². The predicted octanol–water partition coefficient (Wildman–Crippen LogP) is 7.39. The van der Waals surface area contributed by atoms with E-state index in [1.54, 1.807) is 0 Å². The summed E-state index contributed by atoms with van der Waals surface area (Å²) < 4.78 is 51.4. The zero-order valence-electron chi connectivity index (χ0n) is 24.8. The molecule has 4 unspecified atom stereocenters. The summed E-state index contributed by atoms with van der Waals surface area (Å²) in [6, 6.07) is 0.215. The molecular weight excluding hydrogens is 340 g/mol. The average molecular weight is 393 g/mol. The molecule has 8 atom stereocenters. The number of hydrogen-bond acceptors (Lipinski definition) is 1. The Morgan fingerprint density at radius 1 is 1.18 bits per heavy atom. The fourth-order valence-electron chi connectivity index (χ4n) is 7.83. The lowest BCUT2D eigenvalue weighted by Crippen LogP contribution is -2.50. The number of fused-ring (bicyclic) bond motifs is 5. The highest BCUT2D eigenvalue weighted by Gasteiger charge is 2.59. The van der Waals surface area contributed by atoms with Gasteiger partial charge in [0.25, 0.3) is 0 Å². The summed E-state index contributed by atoms with van der Waals surface area (Å²) in [7, 11) is 0. The predicted molar refractivity (Wildman–Crippen MR) is 119 cm³/mol. The van der Waals surface area contributed by atoms with Crippen LogP contribution in [0, 0.1) is 46.3 Å². The van der Waals surface area contributed by atoms with E-state index in [2.05, 4.69) is 27.7 Å². The first-order chi connectivity index (χ1) is 15.5.